The molecule has 0 saturated carbocycles. The van der Waals surface area contributed by atoms with Crippen LogP contribution in [0.15, 0.2) is 35.2 Å². The number of halogens is 2. The first-order valence-corrected chi connectivity index (χ1v) is 10.5. The zero-order valence-electron chi connectivity index (χ0n) is 15.2. The van der Waals surface area contributed by atoms with Crippen molar-refractivity contribution in [3.05, 3.63) is 45.9 Å². The lowest BCUT2D eigenvalue weighted by molar-refractivity contribution is 0.102. The fourth-order valence-electron chi connectivity index (χ4n) is 2.52. The Bertz CT molecular complexity index is 1020. The summed E-state index contributed by atoms with van der Waals surface area (Å²) in [5.41, 5.74) is 0.306. The number of rotatable bonds is 4. The number of benzene rings is 2. The van der Waals surface area contributed by atoms with Crippen LogP contribution in [0.5, 0.6) is 11.5 Å². The number of carbonyl (C=O) groups excluding carboxylic acids is 1. The van der Waals surface area contributed by atoms with Gasteiger partial charge < -0.3 is 14.8 Å². The van der Waals surface area contributed by atoms with Gasteiger partial charge in [0.1, 0.15) is 0 Å². The van der Waals surface area contributed by atoms with Crippen molar-refractivity contribution < 1.29 is 22.7 Å². The molecule has 2 aromatic rings. The fourth-order valence-corrected chi connectivity index (χ4v) is 3.85. The number of nitrogens with one attached hydrogen (secondary N) is 1. The zero-order chi connectivity index (χ0) is 20.5. The summed E-state index contributed by atoms with van der Waals surface area (Å²) < 4.78 is 36.9. The molecule has 0 aromatic heterocycles. The van der Waals surface area contributed by atoms with Crippen LogP contribution in [0, 0.1) is 0 Å². The molecule has 0 unspecified atom stereocenters. The lowest BCUT2D eigenvalue weighted by atomic mass is 10.2. The molecule has 0 aliphatic carbocycles. The molecule has 1 heterocycles. The standard InChI is InChI=1S/C18H18Cl2N2O5S/c1-22(2)28(24,25)11-4-5-13(19)12(8-11)18(23)21-15-10-17-16(9-14(15)20)26-6-3-7-27-17/h4-5,8-10H,3,6-7H2,1-2H3,(H,21,23). The van der Waals surface area contributed by atoms with Crippen LogP contribution in [0.1, 0.15) is 16.8 Å². The molecular formula is C18H18Cl2N2O5S. The minimum absolute atomic E-state index is 0.00719. The number of amides is 1. The highest BCUT2D eigenvalue weighted by atomic mass is 35.5. The van der Waals surface area contributed by atoms with Crippen molar-refractivity contribution in [3.8, 4) is 11.5 Å². The van der Waals surface area contributed by atoms with Gasteiger partial charge in [0.15, 0.2) is 11.5 Å². The highest BCUT2D eigenvalue weighted by Crippen LogP contribution is 2.38. The molecule has 0 bridgehead atoms. The lowest BCUT2D eigenvalue weighted by Crippen LogP contribution is -2.23. The van der Waals surface area contributed by atoms with Crippen LogP contribution in [0.25, 0.3) is 0 Å². The van der Waals surface area contributed by atoms with Gasteiger partial charge >= 0.3 is 0 Å². The molecule has 10 heteroatoms. The van der Waals surface area contributed by atoms with Crippen LogP contribution >= 0.6 is 23.2 Å². The topological polar surface area (TPSA) is 84.9 Å². The maximum Gasteiger partial charge on any atom is 0.257 e. The van der Waals surface area contributed by atoms with Crippen molar-refractivity contribution in [2.45, 2.75) is 11.3 Å². The average Bonchev–Trinajstić information content (AvgIpc) is 2.86. The second kappa shape index (κ2) is 8.16. The maximum absolute atomic E-state index is 12.7. The molecule has 3 rings (SSSR count). The van der Waals surface area contributed by atoms with Crippen molar-refractivity contribution in [2.24, 2.45) is 0 Å². The van der Waals surface area contributed by atoms with Gasteiger partial charge in [-0.1, -0.05) is 23.2 Å². The Morgan fingerprint density at radius 2 is 1.68 bits per heavy atom. The average molecular weight is 445 g/mol. The number of anilines is 1. The molecule has 2 aromatic carbocycles. The second-order valence-corrected chi connectivity index (χ2v) is 9.18. The summed E-state index contributed by atoms with van der Waals surface area (Å²) in [5.74, 6) is 0.363. The van der Waals surface area contributed by atoms with E-state index >= 15 is 0 Å². The predicted octanol–water partition coefficient (Wildman–Crippen LogP) is 3.66. The Morgan fingerprint density at radius 3 is 2.32 bits per heavy atom. The van der Waals surface area contributed by atoms with Crippen LogP contribution in [0.4, 0.5) is 5.69 Å². The van der Waals surface area contributed by atoms with Gasteiger partial charge in [0.05, 0.1) is 39.4 Å². The summed E-state index contributed by atoms with van der Waals surface area (Å²) >= 11 is 12.4. The molecule has 1 aliphatic heterocycles. The third-order valence-corrected chi connectivity index (χ3v) is 6.50. The molecule has 1 N–H and O–H groups in total. The van der Waals surface area contributed by atoms with Gasteiger partial charge in [-0.25, -0.2) is 12.7 Å². The SMILES string of the molecule is CN(C)S(=O)(=O)c1ccc(Cl)c(C(=O)Nc2cc3c(cc2Cl)OCCCO3)c1. The largest absolute Gasteiger partial charge is 0.490 e. The van der Waals surface area contributed by atoms with E-state index < -0.39 is 15.9 Å². The van der Waals surface area contributed by atoms with Crippen LogP contribution < -0.4 is 14.8 Å². The minimum Gasteiger partial charge on any atom is -0.490 e. The van der Waals surface area contributed by atoms with Gasteiger partial charge in [0.2, 0.25) is 10.0 Å². The van der Waals surface area contributed by atoms with Gasteiger partial charge in [-0.2, -0.15) is 0 Å². The Morgan fingerprint density at radius 1 is 1.04 bits per heavy atom. The van der Waals surface area contributed by atoms with E-state index in [-0.39, 0.29) is 20.5 Å². The minimum atomic E-state index is -3.71. The van der Waals surface area contributed by atoms with E-state index in [0.717, 1.165) is 10.7 Å². The molecule has 0 radical (unpaired) electrons. The summed E-state index contributed by atoms with van der Waals surface area (Å²) in [6, 6.07) is 7.06. The van der Waals surface area contributed by atoms with E-state index in [9.17, 15) is 13.2 Å². The van der Waals surface area contributed by atoms with E-state index in [1.807, 2.05) is 0 Å². The fraction of sp³-hybridized carbons (Fsp3) is 0.278. The molecule has 0 spiro atoms. The number of hydrogen-bond acceptors (Lipinski definition) is 5. The predicted molar refractivity (Wildman–Crippen MR) is 107 cm³/mol. The highest BCUT2D eigenvalue weighted by Gasteiger charge is 2.22. The van der Waals surface area contributed by atoms with Crippen molar-refractivity contribution in [2.75, 3.05) is 32.6 Å². The number of ether oxygens (including phenoxy) is 2. The number of carbonyl (C=O) groups is 1. The molecule has 7 nitrogen and oxygen atoms in total. The first-order chi connectivity index (χ1) is 13.2. The molecule has 0 saturated heterocycles. The van der Waals surface area contributed by atoms with Crippen LogP contribution in [-0.2, 0) is 10.0 Å². The normalized spacial score (nSPS) is 13.9. The number of fused-ring (bicyclic) bond motifs is 1. The molecule has 1 aliphatic rings. The summed E-state index contributed by atoms with van der Waals surface area (Å²) in [5, 5.41) is 3.01. The molecule has 0 fully saturated rings. The first-order valence-electron chi connectivity index (χ1n) is 8.32. The first kappa shape index (κ1) is 20.7. The van der Waals surface area contributed by atoms with Gasteiger partial charge in [-0.05, 0) is 18.2 Å². The number of sulfonamides is 1. The van der Waals surface area contributed by atoms with Gasteiger partial charge in [0.25, 0.3) is 5.91 Å². The Hall–Kier alpha value is -2.00. The van der Waals surface area contributed by atoms with Crippen LogP contribution in [-0.4, -0.2) is 45.9 Å². The molecule has 1 amide bonds. The third kappa shape index (κ3) is 4.20. The summed E-state index contributed by atoms with van der Waals surface area (Å²) in [6.45, 7) is 0.996. The van der Waals surface area contributed by atoms with Gasteiger partial charge in [-0.3, -0.25) is 4.79 Å². The Labute approximate surface area is 173 Å². The van der Waals surface area contributed by atoms with Gasteiger partial charge in [-0.15, -0.1) is 0 Å². The van der Waals surface area contributed by atoms with Crippen LogP contribution in [0.3, 0.4) is 0 Å². The van der Waals surface area contributed by atoms with Crippen molar-refractivity contribution in [3.63, 3.8) is 0 Å². The van der Waals surface area contributed by atoms with E-state index in [0.29, 0.717) is 30.4 Å². The Kier molecular flexibility index (Phi) is 6.04. The molecule has 0 atom stereocenters. The van der Waals surface area contributed by atoms with Crippen molar-refractivity contribution >= 4 is 44.8 Å². The zero-order valence-corrected chi connectivity index (χ0v) is 17.5. The lowest BCUT2D eigenvalue weighted by Gasteiger charge is -2.15. The third-order valence-electron chi connectivity index (χ3n) is 4.05. The molecule has 150 valence electrons. The van der Waals surface area contributed by atoms with E-state index in [4.69, 9.17) is 32.7 Å². The second-order valence-electron chi connectivity index (χ2n) is 6.21. The quantitative estimate of drug-likeness (QED) is 0.777. The van der Waals surface area contributed by atoms with Crippen molar-refractivity contribution in [1.82, 2.24) is 4.31 Å². The smallest absolute Gasteiger partial charge is 0.257 e. The molecule has 28 heavy (non-hydrogen) atoms. The van der Waals surface area contributed by atoms with E-state index in [1.165, 1.54) is 32.3 Å². The van der Waals surface area contributed by atoms with Crippen molar-refractivity contribution in [1.29, 1.82) is 0 Å². The Balaban J connectivity index is 1.93. The number of nitrogens with zero attached hydrogens (tertiary/aromatic N) is 1. The highest BCUT2D eigenvalue weighted by molar-refractivity contribution is 7.89. The maximum atomic E-state index is 12.7. The van der Waals surface area contributed by atoms with Gasteiger partial charge in [0, 0.05) is 32.6 Å². The monoisotopic (exact) mass is 444 g/mol. The summed E-state index contributed by atoms with van der Waals surface area (Å²) in [7, 11) is -0.907. The van der Waals surface area contributed by atoms with E-state index in [1.54, 1.807) is 12.1 Å². The van der Waals surface area contributed by atoms with Crippen LogP contribution in [0.2, 0.25) is 10.0 Å². The summed E-state index contributed by atoms with van der Waals surface area (Å²) in [6.07, 6.45) is 0.733. The summed E-state index contributed by atoms with van der Waals surface area (Å²) in [4.78, 5) is 12.7. The van der Waals surface area contributed by atoms with E-state index in [2.05, 4.69) is 5.32 Å². The number of hydrogen-bond donors (Lipinski definition) is 1. The molecular weight excluding hydrogens is 427 g/mol.